The van der Waals surface area contributed by atoms with Gasteiger partial charge in [0.2, 0.25) is 5.91 Å². The summed E-state index contributed by atoms with van der Waals surface area (Å²) in [6.45, 7) is 3.24. The molecule has 29 heavy (non-hydrogen) atoms. The van der Waals surface area contributed by atoms with Crippen LogP contribution in [0.2, 0.25) is 0 Å². The number of hydrogen-bond acceptors (Lipinski definition) is 5. The second-order valence-corrected chi connectivity index (χ2v) is 7.85. The Kier molecular flexibility index (Phi) is 4.60. The quantitative estimate of drug-likeness (QED) is 0.747. The van der Waals surface area contributed by atoms with Gasteiger partial charge < -0.3 is 9.47 Å². The summed E-state index contributed by atoms with van der Waals surface area (Å²) in [5.74, 6) is 1.74. The van der Waals surface area contributed by atoms with Crippen LogP contribution in [0.4, 0.5) is 0 Å². The number of pyridine rings is 1. The average Bonchev–Trinajstić information content (AvgIpc) is 3.42. The minimum atomic E-state index is -0.142. The van der Waals surface area contributed by atoms with E-state index in [0.29, 0.717) is 13.1 Å². The van der Waals surface area contributed by atoms with Gasteiger partial charge in [0.25, 0.3) is 0 Å². The van der Waals surface area contributed by atoms with Gasteiger partial charge in [0, 0.05) is 18.8 Å². The molecule has 0 bridgehead atoms. The Bertz CT molecular complexity index is 1000. The zero-order valence-electron chi connectivity index (χ0n) is 16.4. The van der Waals surface area contributed by atoms with Crippen molar-refractivity contribution in [2.75, 3.05) is 6.54 Å². The molecule has 4 heterocycles. The fourth-order valence-electron chi connectivity index (χ4n) is 4.47. The van der Waals surface area contributed by atoms with Crippen LogP contribution in [-0.4, -0.2) is 43.1 Å². The highest BCUT2D eigenvalue weighted by Crippen LogP contribution is 2.30. The molecule has 2 aliphatic rings. The van der Waals surface area contributed by atoms with Crippen molar-refractivity contribution in [2.45, 2.75) is 44.4 Å². The fraction of sp³-hybridized carbons (Fsp3) is 0.364. The van der Waals surface area contributed by atoms with Crippen LogP contribution < -0.4 is 5.32 Å². The summed E-state index contributed by atoms with van der Waals surface area (Å²) in [7, 11) is 0. The van der Waals surface area contributed by atoms with Gasteiger partial charge in [-0.2, -0.15) is 0 Å². The van der Waals surface area contributed by atoms with Crippen LogP contribution in [-0.2, 0) is 11.3 Å². The van der Waals surface area contributed by atoms with E-state index in [9.17, 15) is 4.79 Å². The predicted octanol–water partition coefficient (Wildman–Crippen LogP) is 2.74. The summed E-state index contributed by atoms with van der Waals surface area (Å²) in [6, 6.07) is 16.3. The van der Waals surface area contributed by atoms with Gasteiger partial charge in [-0.15, -0.1) is 10.2 Å². The number of carbonyl (C=O) groups excluding carboxylic acids is 1. The van der Waals surface area contributed by atoms with Crippen molar-refractivity contribution in [2.24, 2.45) is 0 Å². The molecule has 0 radical (unpaired) electrons. The third kappa shape index (κ3) is 3.31. The van der Waals surface area contributed by atoms with E-state index < -0.39 is 0 Å². The molecule has 7 heteroatoms. The van der Waals surface area contributed by atoms with Crippen molar-refractivity contribution in [1.29, 1.82) is 0 Å². The van der Waals surface area contributed by atoms with Crippen molar-refractivity contribution >= 4 is 5.91 Å². The maximum absolute atomic E-state index is 13.2. The Morgan fingerprint density at radius 3 is 2.69 bits per heavy atom. The third-order valence-corrected chi connectivity index (χ3v) is 5.88. The monoisotopic (exact) mass is 388 g/mol. The van der Waals surface area contributed by atoms with Gasteiger partial charge in [-0.25, -0.2) is 0 Å². The second-order valence-electron chi connectivity index (χ2n) is 7.85. The second kappa shape index (κ2) is 7.40. The molecule has 2 aliphatic heterocycles. The summed E-state index contributed by atoms with van der Waals surface area (Å²) >= 11 is 0. The van der Waals surface area contributed by atoms with E-state index in [1.807, 2.05) is 41.3 Å². The summed E-state index contributed by atoms with van der Waals surface area (Å²) in [5, 5.41) is 12.3. The molecule has 7 nitrogen and oxygen atoms in total. The van der Waals surface area contributed by atoms with Gasteiger partial charge in [-0.3, -0.25) is 15.1 Å². The lowest BCUT2D eigenvalue weighted by Gasteiger charge is -2.34. The smallest absolute Gasteiger partial charge is 0.240 e. The van der Waals surface area contributed by atoms with E-state index in [2.05, 4.69) is 44.1 Å². The lowest BCUT2D eigenvalue weighted by atomic mass is 10.1. The molecule has 5 rings (SSSR count). The van der Waals surface area contributed by atoms with Crippen LogP contribution in [0.25, 0.3) is 11.5 Å². The number of aromatic nitrogens is 4. The molecular weight excluding hydrogens is 364 g/mol. The molecular formula is C22H24N6O. The largest absolute Gasteiger partial charge is 0.332 e. The molecule has 1 aromatic carbocycles. The molecule has 1 amide bonds. The summed E-state index contributed by atoms with van der Waals surface area (Å²) in [4.78, 5) is 19.5. The summed E-state index contributed by atoms with van der Waals surface area (Å²) in [6.07, 6.45) is 3.59. The summed E-state index contributed by atoms with van der Waals surface area (Å²) in [5.41, 5.74) is 2.05. The van der Waals surface area contributed by atoms with E-state index in [1.165, 1.54) is 5.56 Å². The Hall–Kier alpha value is -3.06. The SMILES string of the molecule is C[C@H]1CN(C(=O)[C@H]2CC[C@H](c3ccccc3)N2)Cc2nnc(-c3ccccn3)n21. The topological polar surface area (TPSA) is 75.9 Å². The Morgan fingerprint density at radius 2 is 1.90 bits per heavy atom. The maximum Gasteiger partial charge on any atom is 0.240 e. The first-order chi connectivity index (χ1) is 14.2. The molecule has 0 spiro atoms. The number of benzene rings is 1. The Labute approximate surface area is 169 Å². The highest BCUT2D eigenvalue weighted by Gasteiger charge is 2.36. The Morgan fingerprint density at radius 1 is 1.07 bits per heavy atom. The van der Waals surface area contributed by atoms with Crippen LogP contribution in [0.5, 0.6) is 0 Å². The van der Waals surface area contributed by atoms with Gasteiger partial charge in [0.05, 0.1) is 18.6 Å². The third-order valence-electron chi connectivity index (χ3n) is 5.88. The Balaban J connectivity index is 1.32. The number of carbonyl (C=O) groups is 1. The van der Waals surface area contributed by atoms with Gasteiger partial charge in [0.1, 0.15) is 5.69 Å². The standard InChI is InChI=1S/C22H24N6O/c1-15-13-27(14-20-25-26-21(28(15)20)18-9-5-6-12-23-18)22(29)19-11-10-17(24-19)16-7-3-2-4-8-16/h2-9,12,15,17,19,24H,10-11,13-14H2,1H3/t15-,17+,19+/m0/s1. The zero-order valence-corrected chi connectivity index (χ0v) is 16.4. The van der Waals surface area contributed by atoms with Crippen molar-refractivity contribution in [1.82, 2.24) is 30.0 Å². The lowest BCUT2D eigenvalue weighted by Crippen LogP contribution is -2.48. The van der Waals surface area contributed by atoms with Crippen molar-refractivity contribution in [3.05, 3.63) is 66.1 Å². The molecule has 1 saturated heterocycles. The lowest BCUT2D eigenvalue weighted by molar-refractivity contribution is -0.135. The minimum absolute atomic E-state index is 0.0982. The van der Waals surface area contributed by atoms with E-state index >= 15 is 0 Å². The van der Waals surface area contributed by atoms with E-state index in [4.69, 9.17) is 0 Å². The predicted molar refractivity (Wildman–Crippen MR) is 109 cm³/mol. The summed E-state index contributed by atoms with van der Waals surface area (Å²) < 4.78 is 2.11. The number of nitrogens with zero attached hydrogens (tertiary/aromatic N) is 5. The first-order valence-corrected chi connectivity index (χ1v) is 10.2. The van der Waals surface area contributed by atoms with Crippen molar-refractivity contribution in [3.63, 3.8) is 0 Å². The normalized spacial score (nSPS) is 23.8. The maximum atomic E-state index is 13.2. The van der Waals surface area contributed by atoms with Crippen LogP contribution in [0, 0.1) is 0 Å². The zero-order chi connectivity index (χ0) is 19.8. The molecule has 1 N–H and O–H groups in total. The molecule has 0 aliphatic carbocycles. The van der Waals surface area contributed by atoms with E-state index in [0.717, 1.165) is 30.2 Å². The van der Waals surface area contributed by atoms with Crippen LogP contribution >= 0.6 is 0 Å². The number of amides is 1. The first-order valence-electron chi connectivity index (χ1n) is 10.2. The number of nitrogens with one attached hydrogen (secondary N) is 1. The van der Waals surface area contributed by atoms with Gasteiger partial charge in [-0.1, -0.05) is 36.4 Å². The van der Waals surface area contributed by atoms with Crippen molar-refractivity contribution < 1.29 is 4.79 Å². The van der Waals surface area contributed by atoms with Crippen molar-refractivity contribution in [3.8, 4) is 11.5 Å². The van der Waals surface area contributed by atoms with Gasteiger partial charge in [-0.05, 0) is 37.5 Å². The van der Waals surface area contributed by atoms with Crippen LogP contribution in [0.3, 0.4) is 0 Å². The van der Waals surface area contributed by atoms with Crippen LogP contribution in [0.15, 0.2) is 54.7 Å². The molecule has 148 valence electrons. The molecule has 0 unspecified atom stereocenters. The number of rotatable bonds is 3. The molecule has 0 saturated carbocycles. The van der Waals surface area contributed by atoms with Gasteiger partial charge in [0.15, 0.2) is 11.6 Å². The number of hydrogen-bond donors (Lipinski definition) is 1. The molecule has 3 aromatic rings. The molecule has 2 aromatic heterocycles. The van der Waals surface area contributed by atoms with E-state index in [-0.39, 0.29) is 24.0 Å². The fourth-order valence-corrected chi connectivity index (χ4v) is 4.47. The number of fused-ring (bicyclic) bond motifs is 1. The highest BCUT2D eigenvalue weighted by molar-refractivity contribution is 5.82. The molecule has 1 fully saturated rings. The first kappa shape index (κ1) is 18.0. The highest BCUT2D eigenvalue weighted by atomic mass is 16.2. The minimum Gasteiger partial charge on any atom is -0.332 e. The van der Waals surface area contributed by atoms with E-state index in [1.54, 1.807) is 6.20 Å². The molecule has 3 atom stereocenters. The van der Waals surface area contributed by atoms with Crippen LogP contribution in [0.1, 0.15) is 43.2 Å². The van der Waals surface area contributed by atoms with Gasteiger partial charge >= 0.3 is 0 Å². The average molecular weight is 388 g/mol.